The van der Waals surface area contributed by atoms with Gasteiger partial charge in [-0.1, -0.05) is 6.07 Å². The predicted molar refractivity (Wildman–Crippen MR) is 98.6 cm³/mol. The average Bonchev–Trinajstić information content (AvgIpc) is 3.10. The fourth-order valence-electron chi connectivity index (χ4n) is 3.29. The Morgan fingerprint density at radius 1 is 1.12 bits per heavy atom. The number of benzene rings is 1. The summed E-state index contributed by atoms with van der Waals surface area (Å²) in [5.74, 6) is 2.14. The molecule has 0 unspecified atom stereocenters. The molecule has 7 nitrogen and oxygen atoms in total. The van der Waals surface area contributed by atoms with Gasteiger partial charge in [0, 0.05) is 39.6 Å². The number of amides is 1. The largest absolute Gasteiger partial charge is 0.454 e. The van der Waals surface area contributed by atoms with Crippen molar-refractivity contribution in [3.8, 4) is 11.5 Å². The molecule has 0 saturated carbocycles. The van der Waals surface area contributed by atoms with E-state index in [1.165, 1.54) is 12.5 Å². The molecular weight excluding hydrogens is 332 g/mol. The fraction of sp³-hybridized carbons (Fsp3) is 0.368. The summed E-state index contributed by atoms with van der Waals surface area (Å²) in [6.07, 6.45) is 1.82. The predicted octanol–water partition coefficient (Wildman–Crippen LogP) is 2.09. The number of hydrogen-bond donors (Lipinski definition) is 1. The topological polar surface area (TPSA) is 66.9 Å². The Morgan fingerprint density at radius 3 is 2.65 bits per heavy atom. The highest BCUT2D eigenvalue weighted by Gasteiger charge is 2.19. The van der Waals surface area contributed by atoms with Crippen molar-refractivity contribution < 1.29 is 14.3 Å². The number of piperazine rings is 1. The molecule has 0 spiro atoms. The molecule has 136 valence electrons. The molecule has 0 aliphatic carbocycles. The van der Waals surface area contributed by atoms with Crippen LogP contribution >= 0.6 is 0 Å². The number of carbonyl (C=O) groups excluding carboxylic acids is 1. The normalized spacial score (nSPS) is 16.6. The number of ether oxygens (including phenoxy) is 2. The lowest BCUT2D eigenvalue weighted by Crippen LogP contribution is -2.46. The summed E-state index contributed by atoms with van der Waals surface area (Å²) < 4.78 is 10.8. The third kappa shape index (κ3) is 3.72. The molecule has 26 heavy (non-hydrogen) atoms. The van der Waals surface area contributed by atoms with Gasteiger partial charge in [-0.2, -0.15) is 0 Å². The molecule has 1 N–H and O–H groups in total. The Balaban J connectivity index is 1.32. The summed E-state index contributed by atoms with van der Waals surface area (Å²) in [6, 6.07) is 10.0. The van der Waals surface area contributed by atoms with Crippen LogP contribution in [0.15, 0.2) is 36.5 Å². The summed E-state index contributed by atoms with van der Waals surface area (Å²) in [4.78, 5) is 20.1. The average molecular weight is 354 g/mol. The molecule has 2 aliphatic heterocycles. The van der Waals surface area contributed by atoms with Gasteiger partial charge in [-0.15, -0.1) is 0 Å². The first-order valence-electron chi connectivity index (χ1n) is 8.77. The smallest absolute Gasteiger partial charge is 0.231 e. The van der Waals surface area contributed by atoms with E-state index in [1.54, 1.807) is 0 Å². The van der Waals surface area contributed by atoms with Gasteiger partial charge in [0.1, 0.15) is 5.82 Å². The van der Waals surface area contributed by atoms with E-state index in [9.17, 15) is 4.79 Å². The first kappa shape index (κ1) is 16.7. The van der Waals surface area contributed by atoms with E-state index in [-0.39, 0.29) is 5.91 Å². The Bertz CT molecular complexity index is 786. The number of aromatic nitrogens is 1. The first-order chi connectivity index (χ1) is 12.7. The van der Waals surface area contributed by atoms with E-state index in [4.69, 9.17) is 9.47 Å². The van der Waals surface area contributed by atoms with Crippen LogP contribution in [0.5, 0.6) is 11.5 Å². The number of anilines is 2. The highest BCUT2D eigenvalue weighted by Crippen LogP contribution is 2.32. The molecule has 1 fully saturated rings. The third-order valence-electron chi connectivity index (χ3n) is 4.63. The van der Waals surface area contributed by atoms with Gasteiger partial charge in [0.2, 0.25) is 12.7 Å². The molecular formula is C19H22N4O3. The number of carbonyl (C=O) groups is 1. The lowest BCUT2D eigenvalue weighted by Gasteiger charge is -2.36. The van der Waals surface area contributed by atoms with E-state index in [0.29, 0.717) is 12.6 Å². The van der Waals surface area contributed by atoms with Crippen LogP contribution in [0, 0.1) is 0 Å². The van der Waals surface area contributed by atoms with Gasteiger partial charge in [-0.25, -0.2) is 4.98 Å². The third-order valence-corrected chi connectivity index (χ3v) is 4.63. The molecule has 7 heteroatoms. The van der Waals surface area contributed by atoms with Crippen LogP contribution in [0.25, 0.3) is 0 Å². The molecule has 0 radical (unpaired) electrons. The quantitative estimate of drug-likeness (QED) is 0.907. The van der Waals surface area contributed by atoms with Crippen molar-refractivity contribution in [2.24, 2.45) is 0 Å². The zero-order valence-electron chi connectivity index (χ0n) is 14.8. The molecule has 1 aromatic heterocycles. The summed E-state index contributed by atoms with van der Waals surface area (Å²) in [5, 5.41) is 2.69. The van der Waals surface area contributed by atoms with Gasteiger partial charge < -0.3 is 19.7 Å². The van der Waals surface area contributed by atoms with Gasteiger partial charge >= 0.3 is 0 Å². The minimum absolute atomic E-state index is 0.109. The monoisotopic (exact) mass is 354 g/mol. The lowest BCUT2D eigenvalue weighted by atomic mass is 10.1. The molecule has 1 saturated heterocycles. The van der Waals surface area contributed by atoms with Crippen LogP contribution in [0.2, 0.25) is 0 Å². The number of nitrogens with zero attached hydrogens (tertiary/aromatic N) is 3. The maximum Gasteiger partial charge on any atom is 0.231 e. The van der Waals surface area contributed by atoms with Crippen LogP contribution in [0.3, 0.4) is 0 Å². The molecule has 2 aromatic rings. The maximum atomic E-state index is 11.1. The fourth-order valence-corrected chi connectivity index (χ4v) is 3.29. The molecule has 4 rings (SSSR count). The SMILES string of the molecule is CC(=O)Nc1ccc(N2CCN(Cc3ccc4c(c3)OCO4)CC2)cn1. The zero-order chi connectivity index (χ0) is 17.9. The van der Waals surface area contributed by atoms with E-state index in [0.717, 1.165) is 49.9 Å². The molecule has 2 aliphatic rings. The van der Waals surface area contributed by atoms with E-state index >= 15 is 0 Å². The summed E-state index contributed by atoms with van der Waals surface area (Å²) in [7, 11) is 0. The number of rotatable bonds is 4. The highest BCUT2D eigenvalue weighted by molar-refractivity contribution is 5.87. The van der Waals surface area contributed by atoms with Crippen LogP contribution in [0.1, 0.15) is 12.5 Å². The Hall–Kier alpha value is -2.80. The first-order valence-corrected chi connectivity index (χ1v) is 8.77. The van der Waals surface area contributed by atoms with Crippen LogP contribution in [0.4, 0.5) is 11.5 Å². The van der Waals surface area contributed by atoms with Crippen molar-refractivity contribution in [2.45, 2.75) is 13.5 Å². The number of pyridine rings is 1. The van der Waals surface area contributed by atoms with Gasteiger partial charge in [0.25, 0.3) is 0 Å². The second kappa shape index (κ2) is 7.21. The van der Waals surface area contributed by atoms with E-state index in [2.05, 4.69) is 32.2 Å². The van der Waals surface area contributed by atoms with Gasteiger partial charge in [-0.05, 0) is 29.8 Å². The van der Waals surface area contributed by atoms with Crippen molar-refractivity contribution >= 4 is 17.4 Å². The summed E-state index contributed by atoms with van der Waals surface area (Å²) in [5.41, 5.74) is 2.32. The summed E-state index contributed by atoms with van der Waals surface area (Å²) >= 11 is 0. The lowest BCUT2D eigenvalue weighted by molar-refractivity contribution is -0.114. The molecule has 3 heterocycles. The minimum atomic E-state index is -0.109. The number of nitrogens with one attached hydrogen (secondary N) is 1. The molecule has 0 bridgehead atoms. The van der Waals surface area contributed by atoms with Gasteiger partial charge in [0.05, 0.1) is 11.9 Å². The standard InChI is InChI=1S/C19H22N4O3/c1-14(24)21-19-5-3-16(11-20-19)23-8-6-22(7-9-23)12-15-2-4-17-18(10-15)26-13-25-17/h2-5,10-11H,6-9,12-13H2,1H3,(H,20,21,24). The van der Waals surface area contributed by atoms with Crippen molar-refractivity contribution in [3.63, 3.8) is 0 Å². The van der Waals surface area contributed by atoms with Gasteiger partial charge in [0.15, 0.2) is 11.5 Å². The molecule has 0 atom stereocenters. The van der Waals surface area contributed by atoms with Crippen molar-refractivity contribution in [3.05, 3.63) is 42.1 Å². The minimum Gasteiger partial charge on any atom is -0.454 e. The van der Waals surface area contributed by atoms with Crippen molar-refractivity contribution in [1.82, 2.24) is 9.88 Å². The number of hydrogen-bond acceptors (Lipinski definition) is 6. The Morgan fingerprint density at radius 2 is 1.92 bits per heavy atom. The second-order valence-electron chi connectivity index (χ2n) is 6.53. The van der Waals surface area contributed by atoms with Crippen molar-refractivity contribution in [1.29, 1.82) is 0 Å². The van der Waals surface area contributed by atoms with Crippen molar-refractivity contribution in [2.75, 3.05) is 43.2 Å². The molecule has 1 amide bonds. The Kier molecular flexibility index (Phi) is 4.62. The second-order valence-corrected chi connectivity index (χ2v) is 6.53. The highest BCUT2D eigenvalue weighted by atomic mass is 16.7. The van der Waals surface area contributed by atoms with Crippen LogP contribution in [-0.4, -0.2) is 48.8 Å². The Labute approximate surface area is 152 Å². The zero-order valence-corrected chi connectivity index (χ0v) is 14.8. The van der Waals surface area contributed by atoms with Crippen LogP contribution in [-0.2, 0) is 11.3 Å². The molecule has 1 aromatic carbocycles. The van der Waals surface area contributed by atoms with Gasteiger partial charge in [-0.3, -0.25) is 9.69 Å². The van der Waals surface area contributed by atoms with E-state index < -0.39 is 0 Å². The number of fused-ring (bicyclic) bond motifs is 1. The van der Waals surface area contributed by atoms with E-state index in [1.807, 2.05) is 24.4 Å². The maximum absolute atomic E-state index is 11.1. The van der Waals surface area contributed by atoms with Crippen LogP contribution < -0.4 is 19.7 Å². The summed E-state index contributed by atoms with van der Waals surface area (Å²) in [6.45, 7) is 6.58.